The summed E-state index contributed by atoms with van der Waals surface area (Å²) in [6.45, 7) is 3.44. The average Bonchev–Trinajstić information content (AvgIpc) is 3.31. The highest BCUT2D eigenvalue weighted by Gasteiger charge is 2.12. The van der Waals surface area contributed by atoms with Crippen LogP contribution in [0.1, 0.15) is 0 Å². The van der Waals surface area contributed by atoms with Crippen molar-refractivity contribution < 1.29 is 9.53 Å². The van der Waals surface area contributed by atoms with Crippen molar-refractivity contribution >= 4 is 34.4 Å². The number of carbonyl (C=O) groups is 1. The molecule has 0 bridgehead atoms. The van der Waals surface area contributed by atoms with E-state index in [1.165, 1.54) is 10.9 Å². The zero-order chi connectivity index (χ0) is 19.5. The number of ether oxygens (including phenoxy) is 1. The number of aromatic amines is 1. The molecule has 0 aliphatic rings. The molecule has 10 heteroatoms. The summed E-state index contributed by atoms with van der Waals surface area (Å²) in [5.74, 6) is 1.37. The first-order valence-corrected chi connectivity index (χ1v) is 8.30. The molecular formula is C18H16N8O2. The van der Waals surface area contributed by atoms with Crippen LogP contribution in [-0.4, -0.2) is 35.9 Å². The summed E-state index contributed by atoms with van der Waals surface area (Å²) in [5.41, 5.74) is 1.19. The van der Waals surface area contributed by atoms with Crippen LogP contribution in [0.25, 0.3) is 11.0 Å². The van der Waals surface area contributed by atoms with E-state index in [1.54, 1.807) is 43.7 Å². The first-order chi connectivity index (χ1) is 13.6. The van der Waals surface area contributed by atoms with E-state index in [9.17, 15) is 4.79 Å². The maximum absolute atomic E-state index is 11.5. The molecular weight excluding hydrogens is 360 g/mol. The highest BCUT2D eigenvalue weighted by molar-refractivity contribution is 5.99. The summed E-state index contributed by atoms with van der Waals surface area (Å²) in [6.07, 6.45) is 4.51. The van der Waals surface area contributed by atoms with E-state index in [1.807, 2.05) is 6.07 Å². The minimum absolute atomic E-state index is 0.303. The summed E-state index contributed by atoms with van der Waals surface area (Å²) in [5, 5.41) is 14.5. The van der Waals surface area contributed by atoms with Crippen molar-refractivity contribution in [2.24, 2.45) is 7.05 Å². The molecule has 4 rings (SSSR count). The van der Waals surface area contributed by atoms with Gasteiger partial charge in [-0.15, -0.1) is 5.10 Å². The SMILES string of the molecule is C=CC(=O)Nc1cccc(Oc2nc(Nc3cnn(C)n3)nc3[nH]ccc23)c1. The first-order valence-electron chi connectivity index (χ1n) is 8.30. The molecule has 0 atom stereocenters. The lowest BCUT2D eigenvalue weighted by Gasteiger charge is -2.09. The molecule has 0 aliphatic carbocycles. The quantitative estimate of drug-likeness (QED) is 0.442. The Kier molecular flexibility index (Phi) is 4.42. The molecule has 4 aromatic rings. The Morgan fingerprint density at radius 1 is 1.32 bits per heavy atom. The van der Waals surface area contributed by atoms with Crippen LogP contribution in [0.3, 0.4) is 0 Å². The summed E-state index contributed by atoms with van der Waals surface area (Å²) in [6, 6.07) is 8.79. The summed E-state index contributed by atoms with van der Waals surface area (Å²) in [7, 11) is 1.72. The van der Waals surface area contributed by atoms with Gasteiger partial charge in [0.05, 0.1) is 11.6 Å². The van der Waals surface area contributed by atoms with E-state index >= 15 is 0 Å². The molecule has 0 spiro atoms. The number of anilines is 3. The summed E-state index contributed by atoms with van der Waals surface area (Å²) in [4.78, 5) is 24.8. The lowest BCUT2D eigenvalue weighted by atomic mass is 10.3. The van der Waals surface area contributed by atoms with Gasteiger partial charge in [-0.25, -0.2) is 0 Å². The number of rotatable bonds is 6. The molecule has 3 heterocycles. The predicted octanol–water partition coefficient (Wildman–Crippen LogP) is 2.75. The van der Waals surface area contributed by atoms with Crippen LogP contribution in [0, 0.1) is 0 Å². The first kappa shape index (κ1) is 17.2. The largest absolute Gasteiger partial charge is 0.438 e. The van der Waals surface area contributed by atoms with E-state index in [-0.39, 0.29) is 5.91 Å². The second-order valence-corrected chi connectivity index (χ2v) is 5.76. The molecule has 140 valence electrons. The summed E-state index contributed by atoms with van der Waals surface area (Å²) < 4.78 is 5.96. The molecule has 0 radical (unpaired) electrons. The highest BCUT2D eigenvalue weighted by atomic mass is 16.5. The van der Waals surface area contributed by atoms with Crippen molar-refractivity contribution in [3.63, 3.8) is 0 Å². The molecule has 28 heavy (non-hydrogen) atoms. The second-order valence-electron chi connectivity index (χ2n) is 5.76. The van der Waals surface area contributed by atoms with Crippen LogP contribution in [0.2, 0.25) is 0 Å². The number of benzene rings is 1. The van der Waals surface area contributed by atoms with E-state index < -0.39 is 0 Å². The van der Waals surface area contributed by atoms with Crippen molar-refractivity contribution in [3.05, 3.63) is 55.4 Å². The van der Waals surface area contributed by atoms with Gasteiger partial charge >= 0.3 is 0 Å². The van der Waals surface area contributed by atoms with Gasteiger partial charge in [0, 0.05) is 25.0 Å². The second kappa shape index (κ2) is 7.19. The maximum Gasteiger partial charge on any atom is 0.247 e. The van der Waals surface area contributed by atoms with Gasteiger partial charge in [-0.05, 0) is 24.3 Å². The van der Waals surface area contributed by atoms with Gasteiger partial charge in [0.15, 0.2) is 5.82 Å². The lowest BCUT2D eigenvalue weighted by Crippen LogP contribution is -2.07. The normalized spacial score (nSPS) is 10.6. The Morgan fingerprint density at radius 3 is 3.00 bits per heavy atom. The smallest absolute Gasteiger partial charge is 0.247 e. The highest BCUT2D eigenvalue weighted by Crippen LogP contribution is 2.29. The topological polar surface area (TPSA) is 123 Å². The maximum atomic E-state index is 11.5. The number of aryl methyl sites for hydroxylation is 1. The number of aromatic nitrogens is 6. The fourth-order valence-corrected chi connectivity index (χ4v) is 2.51. The zero-order valence-corrected chi connectivity index (χ0v) is 14.9. The summed E-state index contributed by atoms with van der Waals surface area (Å²) >= 11 is 0. The van der Waals surface area contributed by atoms with Crippen molar-refractivity contribution in [1.82, 2.24) is 29.9 Å². The molecule has 3 N–H and O–H groups in total. The van der Waals surface area contributed by atoms with E-state index in [0.29, 0.717) is 40.1 Å². The van der Waals surface area contributed by atoms with E-state index in [4.69, 9.17) is 4.74 Å². The number of amides is 1. The van der Waals surface area contributed by atoms with Gasteiger partial charge in [-0.3, -0.25) is 4.79 Å². The average molecular weight is 376 g/mol. The fraction of sp³-hybridized carbons (Fsp3) is 0.0556. The molecule has 3 aromatic heterocycles. The van der Waals surface area contributed by atoms with Crippen molar-refractivity contribution in [2.45, 2.75) is 0 Å². The Balaban J connectivity index is 1.64. The molecule has 0 saturated carbocycles. The molecule has 0 fully saturated rings. The molecule has 0 aliphatic heterocycles. The van der Waals surface area contributed by atoms with Gasteiger partial charge in [0.1, 0.15) is 11.4 Å². The molecule has 1 aromatic carbocycles. The van der Waals surface area contributed by atoms with Crippen molar-refractivity contribution in [1.29, 1.82) is 0 Å². The number of nitrogens with one attached hydrogen (secondary N) is 3. The van der Waals surface area contributed by atoms with E-state index in [0.717, 1.165) is 0 Å². The fourth-order valence-electron chi connectivity index (χ4n) is 2.51. The van der Waals surface area contributed by atoms with Crippen molar-refractivity contribution in [3.8, 4) is 11.6 Å². The molecule has 1 amide bonds. The lowest BCUT2D eigenvalue weighted by molar-refractivity contribution is -0.111. The number of H-pyrrole nitrogens is 1. The number of nitrogens with zero attached hydrogens (tertiary/aromatic N) is 5. The third kappa shape index (κ3) is 3.65. The van der Waals surface area contributed by atoms with Crippen LogP contribution in [-0.2, 0) is 11.8 Å². The van der Waals surface area contributed by atoms with Crippen LogP contribution in [0.5, 0.6) is 11.6 Å². The predicted molar refractivity (Wildman–Crippen MR) is 104 cm³/mol. The minimum atomic E-state index is -0.303. The van der Waals surface area contributed by atoms with Gasteiger partial charge in [-0.2, -0.15) is 19.9 Å². The molecule has 0 unspecified atom stereocenters. The van der Waals surface area contributed by atoms with Crippen molar-refractivity contribution in [2.75, 3.05) is 10.6 Å². The standard InChI is InChI=1S/C18H16N8O2/c1-3-15(27)21-11-5-4-6-12(9-11)28-17-13-7-8-19-16(13)23-18(24-17)22-14-10-20-26(2)25-14/h3-10H,1H2,2H3,(H,21,27)(H2,19,22,23,24,25). The zero-order valence-electron chi connectivity index (χ0n) is 14.9. The van der Waals surface area contributed by atoms with Gasteiger partial charge in [0.2, 0.25) is 17.7 Å². The van der Waals surface area contributed by atoms with Crippen LogP contribution < -0.4 is 15.4 Å². The van der Waals surface area contributed by atoms with Gasteiger partial charge in [-0.1, -0.05) is 12.6 Å². The minimum Gasteiger partial charge on any atom is -0.438 e. The van der Waals surface area contributed by atoms with E-state index in [2.05, 4.69) is 42.4 Å². The molecule has 0 saturated heterocycles. The van der Waals surface area contributed by atoms with Crippen LogP contribution in [0.15, 0.2) is 55.4 Å². The van der Waals surface area contributed by atoms with Gasteiger partial charge < -0.3 is 20.4 Å². The monoisotopic (exact) mass is 376 g/mol. The van der Waals surface area contributed by atoms with Crippen LogP contribution >= 0.6 is 0 Å². The number of hydrogen-bond acceptors (Lipinski definition) is 7. The Labute approximate surface area is 159 Å². The van der Waals surface area contributed by atoms with Gasteiger partial charge in [0.25, 0.3) is 0 Å². The number of hydrogen-bond donors (Lipinski definition) is 3. The Morgan fingerprint density at radius 2 is 2.21 bits per heavy atom. The number of fused-ring (bicyclic) bond motifs is 1. The third-order valence-electron chi connectivity index (χ3n) is 3.72. The molecule has 10 nitrogen and oxygen atoms in total. The number of carbonyl (C=O) groups excluding carboxylic acids is 1. The Bertz CT molecular complexity index is 1160. The Hall–Kier alpha value is -4.21. The van der Waals surface area contributed by atoms with Crippen LogP contribution in [0.4, 0.5) is 17.5 Å². The third-order valence-corrected chi connectivity index (χ3v) is 3.72.